The minimum absolute atomic E-state index is 0.724. The van der Waals surface area contributed by atoms with E-state index in [1.165, 1.54) is 5.82 Å². The SMILES string of the molecule is COc1ccccc1CNCc1cn2c(N3CCN(C)CC3)cccc2n1. The van der Waals surface area contributed by atoms with Gasteiger partial charge in [-0.3, -0.25) is 4.40 Å². The van der Waals surface area contributed by atoms with Crippen LogP contribution < -0.4 is 15.0 Å². The Bertz CT molecular complexity index is 898. The molecule has 6 heteroatoms. The minimum Gasteiger partial charge on any atom is -0.496 e. The number of nitrogens with one attached hydrogen (secondary N) is 1. The number of pyridine rings is 1. The summed E-state index contributed by atoms with van der Waals surface area (Å²) in [7, 11) is 3.89. The molecular weight excluding hydrogens is 338 g/mol. The maximum Gasteiger partial charge on any atom is 0.138 e. The zero-order valence-electron chi connectivity index (χ0n) is 16.1. The van der Waals surface area contributed by atoms with E-state index in [-0.39, 0.29) is 0 Å². The van der Waals surface area contributed by atoms with Crippen LogP contribution in [-0.2, 0) is 13.1 Å². The fraction of sp³-hybridized carbons (Fsp3) is 0.381. The van der Waals surface area contributed by atoms with E-state index in [2.05, 4.69) is 57.0 Å². The van der Waals surface area contributed by atoms with Gasteiger partial charge in [-0.05, 0) is 25.2 Å². The second kappa shape index (κ2) is 7.98. The maximum atomic E-state index is 5.42. The van der Waals surface area contributed by atoms with Crippen LogP contribution >= 0.6 is 0 Å². The molecule has 2 aromatic heterocycles. The van der Waals surface area contributed by atoms with Crippen LogP contribution in [0.15, 0.2) is 48.7 Å². The fourth-order valence-corrected chi connectivity index (χ4v) is 3.60. The molecule has 27 heavy (non-hydrogen) atoms. The lowest BCUT2D eigenvalue weighted by atomic mass is 10.2. The number of para-hydroxylation sites is 1. The number of benzene rings is 1. The van der Waals surface area contributed by atoms with Crippen molar-refractivity contribution in [2.75, 3.05) is 45.2 Å². The van der Waals surface area contributed by atoms with Crippen molar-refractivity contribution in [1.82, 2.24) is 19.6 Å². The van der Waals surface area contributed by atoms with Gasteiger partial charge in [0.25, 0.3) is 0 Å². The van der Waals surface area contributed by atoms with Crippen LogP contribution in [0.1, 0.15) is 11.3 Å². The summed E-state index contributed by atoms with van der Waals surface area (Å²) in [6.45, 7) is 5.77. The lowest BCUT2D eigenvalue weighted by molar-refractivity contribution is 0.312. The lowest BCUT2D eigenvalue weighted by Gasteiger charge is -2.34. The van der Waals surface area contributed by atoms with Crippen LogP contribution in [0.25, 0.3) is 5.65 Å². The van der Waals surface area contributed by atoms with E-state index in [4.69, 9.17) is 9.72 Å². The van der Waals surface area contributed by atoms with Crippen molar-refractivity contribution in [2.24, 2.45) is 0 Å². The van der Waals surface area contributed by atoms with Gasteiger partial charge >= 0.3 is 0 Å². The van der Waals surface area contributed by atoms with Crippen molar-refractivity contribution in [3.05, 3.63) is 59.9 Å². The summed E-state index contributed by atoms with van der Waals surface area (Å²) in [4.78, 5) is 9.61. The van der Waals surface area contributed by atoms with Crippen molar-refractivity contribution >= 4 is 11.5 Å². The second-order valence-corrected chi connectivity index (χ2v) is 7.05. The summed E-state index contributed by atoms with van der Waals surface area (Å²) >= 11 is 0. The van der Waals surface area contributed by atoms with Gasteiger partial charge in [0.15, 0.2) is 0 Å². The zero-order valence-corrected chi connectivity index (χ0v) is 16.1. The molecule has 1 fully saturated rings. The lowest BCUT2D eigenvalue weighted by Crippen LogP contribution is -2.45. The average Bonchev–Trinajstić information content (AvgIpc) is 3.12. The van der Waals surface area contributed by atoms with Crippen molar-refractivity contribution in [3.63, 3.8) is 0 Å². The maximum absolute atomic E-state index is 5.42. The minimum atomic E-state index is 0.724. The molecule has 0 aliphatic carbocycles. The molecule has 0 saturated carbocycles. The van der Waals surface area contributed by atoms with Crippen LogP contribution in [0, 0.1) is 0 Å². The fourth-order valence-electron chi connectivity index (χ4n) is 3.60. The van der Waals surface area contributed by atoms with Crippen LogP contribution in [0.4, 0.5) is 5.82 Å². The highest BCUT2D eigenvalue weighted by Crippen LogP contribution is 2.20. The molecule has 0 spiro atoms. The number of rotatable bonds is 6. The van der Waals surface area contributed by atoms with Gasteiger partial charge in [0, 0.05) is 51.0 Å². The number of methoxy groups -OCH3 is 1. The summed E-state index contributed by atoms with van der Waals surface area (Å²) < 4.78 is 7.63. The number of ether oxygens (including phenoxy) is 1. The highest BCUT2D eigenvalue weighted by atomic mass is 16.5. The van der Waals surface area contributed by atoms with Gasteiger partial charge in [0.2, 0.25) is 0 Å². The quantitative estimate of drug-likeness (QED) is 0.727. The Labute approximate surface area is 160 Å². The molecule has 1 aromatic carbocycles. The number of nitrogens with zero attached hydrogens (tertiary/aromatic N) is 4. The summed E-state index contributed by atoms with van der Waals surface area (Å²) in [6, 6.07) is 14.5. The topological polar surface area (TPSA) is 45.0 Å². The molecule has 3 aromatic rings. The normalized spacial score (nSPS) is 15.4. The monoisotopic (exact) mass is 365 g/mol. The van der Waals surface area contributed by atoms with Gasteiger partial charge in [0.05, 0.1) is 12.8 Å². The number of hydrogen-bond acceptors (Lipinski definition) is 5. The summed E-state index contributed by atoms with van der Waals surface area (Å²) in [5, 5.41) is 3.48. The zero-order chi connectivity index (χ0) is 18.6. The number of fused-ring (bicyclic) bond motifs is 1. The van der Waals surface area contributed by atoms with Gasteiger partial charge < -0.3 is 19.9 Å². The Morgan fingerprint density at radius 1 is 1.00 bits per heavy atom. The molecular formula is C21H27N5O. The van der Waals surface area contributed by atoms with E-state index in [0.717, 1.165) is 61.9 Å². The number of piperazine rings is 1. The van der Waals surface area contributed by atoms with Crippen LogP contribution in [0.2, 0.25) is 0 Å². The molecule has 1 N–H and O–H groups in total. The molecule has 4 rings (SSSR count). The molecule has 0 radical (unpaired) electrons. The van der Waals surface area contributed by atoms with E-state index < -0.39 is 0 Å². The third-order valence-electron chi connectivity index (χ3n) is 5.16. The standard InChI is InChI=1S/C21H27N5O/c1-24-10-12-25(13-11-24)21-9-5-8-20-23-18(16-26(20)21)15-22-14-17-6-3-4-7-19(17)27-2/h3-9,16,22H,10-15H2,1-2H3. The van der Waals surface area contributed by atoms with Crippen molar-refractivity contribution in [3.8, 4) is 5.75 Å². The molecule has 0 unspecified atom stereocenters. The molecule has 0 bridgehead atoms. The first-order valence-corrected chi connectivity index (χ1v) is 9.47. The van der Waals surface area contributed by atoms with Gasteiger partial charge in [-0.25, -0.2) is 4.98 Å². The predicted molar refractivity (Wildman–Crippen MR) is 108 cm³/mol. The number of likely N-dealkylation sites (N-methyl/N-ethyl adjacent to an activating group) is 1. The van der Waals surface area contributed by atoms with Crippen LogP contribution in [0.3, 0.4) is 0 Å². The summed E-state index contributed by atoms with van der Waals surface area (Å²) in [5.74, 6) is 2.14. The first kappa shape index (κ1) is 17.8. The van der Waals surface area contributed by atoms with E-state index in [0.29, 0.717) is 0 Å². The Morgan fingerprint density at radius 2 is 1.81 bits per heavy atom. The Morgan fingerprint density at radius 3 is 2.63 bits per heavy atom. The van der Waals surface area contributed by atoms with Crippen molar-refractivity contribution in [1.29, 1.82) is 0 Å². The third kappa shape index (κ3) is 3.91. The highest BCUT2D eigenvalue weighted by Gasteiger charge is 2.17. The molecule has 1 saturated heterocycles. The molecule has 3 heterocycles. The van der Waals surface area contributed by atoms with Crippen LogP contribution in [0.5, 0.6) is 5.75 Å². The van der Waals surface area contributed by atoms with E-state index >= 15 is 0 Å². The Hall–Kier alpha value is -2.57. The highest BCUT2D eigenvalue weighted by molar-refractivity contribution is 5.52. The van der Waals surface area contributed by atoms with E-state index in [1.807, 2.05) is 18.2 Å². The number of hydrogen-bond donors (Lipinski definition) is 1. The van der Waals surface area contributed by atoms with Crippen molar-refractivity contribution < 1.29 is 4.74 Å². The smallest absolute Gasteiger partial charge is 0.138 e. The van der Waals surface area contributed by atoms with E-state index in [1.54, 1.807) is 7.11 Å². The Balaban J connectivity index is 1.46. The molecule has 0 amide bonds. The number of aromatic nitrogens is 2. The molecule has 142 valence electrons. The van der Waals surface area contributed by atoms with Crippen molar-refractivity contribution in [2.45, 2.75) is 13.1 Å². The molecule has 1 aliphatic rings. The summed E-state index contributed by atoms with van der Waals surface area (Å²) in [6.07, 6.45) is 2.15. The largest absolute Gasteiger partial charge is 0.496 e. The first-order chi connectivity index (χ1) is 13.2. The van der Waals surface area contributed by atoms with Gasteiger partial charge in [0.1, 0.15) is 17.2 Å². The average molecular weight is 365 g/mol. The second-order valence-electron chi connectivity index (χ2n) is 7.05. The third-order valence-corrected chi connectivity index (χ3v) is 5.16. The first-order valence-electron chi connectivity index (χ1n) is 9.47. The summed E-state index contributed by atoms with van der Waals surface area (Å²) in [5.41, 5.74) is 3.20. The Kier molecular flexibility index (Phi) is 5.27. The van der Waals surface area contributed by atoms with Gasteiger partial charge in [-0.15, -0.1) is 0 Å². The predicted octanol–water partition coefficient (Wildman–Crippen LogP) is 2.38. The number of imidazole rings is 1. The number of anilines is 1. The molecule has 6 nitrogen and oxygen atoms in total. The van der Waals surface area contributed by atoms with Gasteiger partial charge in [-0.2, -0.15) is 0 Å². The molecule has 0 atom stereocenters. The molecule has 1 aliphatic heterocycles. The van der Waals surface area contributed by atoms with Gasteiger partial charge in [-0.1, -0.05) is 24.3 Å². The van der Waals surface area contributed by atoms with E-state index in [9.17, 15) is 0 Å². The van der Waals surface area contributed by atoms with Crippen LogP contribution in [-0.4, -0.2) is 54.6 Å².